The molecule has 7 heteroatoms. The molecule has 0 bridgehead atoms. The highest BCUT2D eigenvalue weighted by molar-refractivity contribution is 7.87. The van der Waals surface area contributed by atoms with Crippen molar-refractivity contribution < 1.29 is 18.3 Å². The predicted molar refractivity (Wildman–Crippen MR) is 73.0 cm³/mol. The third kappa shape index (κ3) is 3.90. The quantitative estimate of drug-likeness (QED) is 0.770. The van der Waals surface area contributed by atoms with Gasteiger partial charge in [-0.15, -0.1) is 0 Å². The maximum atomic E-state index is 12.2. The molecule has 1 fully saturated rings. The van der Waals surface area contributed by atoms with Crippen molar-refractivity contribution in [2.45, 2.75) is 52.5 Å². The van der Waals surface area contributed by atoms with Gasteiger partial charge >= 0.3 is 5.97 Å². The molecule has 1 heterocycles. The zero-order chi connectivity index (χ0) is 14.7. The van der Waals surface area contributed by atoms with Crippen molar-refractivity contribution in [3.05, 3.63) is 0 Å². The molecule has 1 aliphatic heterocycles. The minimum absolute atomic E-state index is 0.0241. The molecule has 1 saturated heterocycles. The Hall–Kier alpha value is -0.660. The highest BCUT2D eigenvalue weighted by Crippen LogP contribution is 2.22. The van der Waals surface area contributed by atoms with Crippen molar-refractivity contribution in [1.29, 1.82) is 0 Å². The Morgan fingerprint density at radius 2 is 2.11 bits per heavy atom. The molecule has 0 aromatic rings. The van der Waals surface area contributed by atoms with Gasteiger partial charge in [-0.3, -0.25) is 4.79 Å². The summed E-state index contributed by atoms with van der Waals surface area (Å²) < 4.78 is 28.3. The third-order valence-corrected chi connectivity index (χ3v) is 5.66. The van der Waals surface area contributed by atoms with E-state index < -0.39 is 21.6 Å². The maximum Gasteiger partial charge on any atom is 0.310 e. The lowest BCUT2D eigenvalue weighted by Gasteiger charge is -2.33. The minimum atomic E-state index is -3.59. The summed E-state index contributed by atoms with van der Waals surface area (Å²) in [6.07, 6.45) is 3.12. The number of rotatable bonds is 6. The summed E-state index contributed by atoms with van der Waals surface area (Å²) in [4.78, 5) is 11.2. The largest absolute Gasteiger partial charge is 0.481 e. The van der Waals surface area contributed by atoms with Crippen molar-refractivity contribution >= 4 is 16.2 Å². The van der Waals surface area contributed by atoms with E-state index in [0.29, 0.717) is 13.0 Å². The first-order valence-corrected chi connectivity index (χ1v) is 8.17. The molecule has 1 aliphatic rings. The monoisotopic (exact) mass is 292 g/mol. The molecular weight excluding hydrogens is 268 g/mol. The molecule has 0 aliphatic carbocycles. The molecule has 2 N–H and O–H groups in total. The fourth-order valence-corrected chi connectivity index (χ4v) is 3.73. The van der Waals surface area contributed by atoms with Gasteiger partial charge in [-0.2, -0.15) is 12.7 Å². The van der Waals surface area contributed by atoms with E-state index in [1.54, 1.807) is 13.8 Å². The van der Waals surface area contributed by atoms with Crippen LogP contribution in [-0.4, -0.2) is 42.9 Å². The molecule has 2 atom stereocenters. The van der Waals surface area contributed by atoms with Crippen molar-refractivity contribution in [1.82, 2.24) is 9.03 Å². The van der Waals surface area contributed by atoms with E-state index in [4.69, 9.17) is 5.11 Å². The van der Waals surface area contributed by atoms with E-state index in [1.807, 2.05) is 6.92 Å². The Balaban J connectivity index is 2.72. The summed E-state index contributed by atoms with van der Waals surface area (Å²) >= 11 is 0. The number of aliphatic carboxylic acids is 1. The topological polar surface area (TPSA) is 86.7 Å². The predicted octanol–water partition coefficient (Wildman–Crippen LogP) is 1.20. The zero-order valence-electron chi connectivity index (χ0n) is 11.8. The van der Waals surface area contributed by atoms with Gasteiger partial charge in [0.15, 0.2) is 0 Å². The smallest absolute Gasteiger partial charge is 0.310 e. The molecule has 0 saturated carbocycles. The number of piperidine rings is 1. The lowest BCUT2D eigenvalue weighted by atomic mass is 9.88. The second-order valence-electron chi connectivity index (χ2n) is 5.50. The van der Waals surface area contributed by atoms with Gasteiger partial charge < -0.3 is 5.11 Å². The summed E-state index contributed by atoms with van der Waals surface area (Å²) in [5.74, 6) is -0.982. The average Bonchev–Trinajstić information content (AvgIpc) is 2.36. The van der Waals surface area contributed by atoms with E-state index >= 15 is 0 Å². The normalized spacial score (nSPS) is 24.9. The van der Waals surface area contributed by atoms with Crippen molar-refractivity contribution in [3.63, 3.8) is 0 Å². The van der Waals surface area contributed by atoms with Crippen LogP contribution in [0.2, 0.25) is 0 Å². The molecule has 112 valence electrons. The van der Waals surface area contributed by atoms with Crippen LogP contribution in [0.1, 0.15) is 46.5 Å². The van der Waals surface area contributed by atoms with Crippen LogP contribution in [0.25, 0.3) is 0 Å². The molecule has 6 nitrogen and oxygen atoms in total. The summed E-state index contributed by atoms with van der Waals surface area (Å²) in [6, 6.07) is -0.0241. The van der Waals surface area contributed by atoms with Gasteiger partial charge in [-0.05, 0) is 33.1 Å². The molecule has 0 spiro atoms. The van der Waals surface area contributed by atoms with Crippen LogP contribution in [-0.2, 0) is 15.0 Å². The summed E-state index contributed by atoms with van der Waals surface area (Å²) in [5.41, 5.74) is -1.06. The van der Waals surface area contributed by atoms with Crippen LogP contribution in [0.4, 0.5) is 0 Å². The molecule has 0 amide bonds. The Morgan fingerprint density at radius 3 is 2.58 bits per heavy atom. The number of hydrogen-bond donors (Lipinski definition) is 2. The summed E-state index contributed by atoms with van der Waals surface area (Å²) in [6.45, 7) is 5.61. The Labute approximate surface area is 115 Å². The number of carboxylic acid groups (broad SMARTS) is 1. The first kappa shape index (κ1) is 16.4. The lowest BCUT2D eigenvalue weighted by molar-refractivity contribution is -0.147. The summed E-state index contributed by atoms with van der Waals surface area (Å²) in [7, 11) is -3.59. The number of carboxylic acids is 1. The lowest BCUT2D eigenvalue weighted by Crippen LogP contribution is -2.51. The van der Waals surface area contributed by atoms with E-state index in [2.05, 4.69) is 4.72 Å². The van der Waals surface area contributed by atoms with Crippen molar-refractivity contribution in [2.75, 3.05) is 13.1 Å². The van der Waals surface area contributed by atoms with E-state index in [1.165, 1.54) is 4.31 Å². The molecule has 2 unspecified atom stereocenters. The van der Waals surface area contributed by atoms with Gasteiger partial charge in [0.25, 0.3) is 10.2 Å². The van der Waals surface area contributed by atoms with Crippen molar-refractivity contribution in [2.24, 2.45) is 5.41 Å². The van der Waals surface area contributed by atoms with Gasteiger partial charge in [0.05, 0.1) is 5.41 Å². The minimum Gasteiger partial charge on any atom is -0.481 e. The van der Waals surface area contributed by atoms with Gasteiger partial charge in [0.2, 0.25) is 0 Å². The van der Waals surface area contributed by atoms with E-state index in [9.17, 15) is 13.2 Å². The Morgan fingerprint density at radius 1 is 1.47 bits per heavy atom. The molecule has 0 aromatic carbocycles. The van der Waals surface area contributed by atoms with Crippen LogP contribution in [0.3, 0.4) is 0 Å². The molecular formula is C12H24N2O4S. The Kier molecular flexibility index (Phi) is 5.34. The molecule has 1 rings (SSSR count). The SMILES string of the molecule is CCC(C)(CNS(=O)(=O)N1CCCCC1C)C(=O)O. The van der Waals surface area contributed by atoms with Gasteiger partial charge in [0.1, 0.15) is 0 Å². The number of nitrogens with zero attached hydrogens (tertiary/aromatic N) is 1. The van der Waals surface area contributed by atoms with E-state index in [-0.39, 0.29) is 12.6 Å². The highest BCUT2D eigenvalue weighted by atomic mass is 32.2. The fraction of sp³-hybridized carbons (Fsp3) is 0.917. The van der Waals surface area contributed by atoms with Crippen LogP contribution in [0, 0.1) is 5.41 Å². The van der Waals surface area contributed by atoms with E-state index in [0.717, 1.165) is 19.3 Å². The zero-order valence-corrected chi connectivity index (χ0v) is 12.7. The standard InChI is InChI=1S/C12H24N2O4S/c1-4-12(3,11(15)16)9-13-19(17,18)14-8-6-5-7-10(14)2/h10,13H,4-9H2,1-3H3,(H,15,16). The van der Waals surface area contributed by atoms with Crippen LogP contribution < -0.4 is 4.72 Å². The van der Waals surface area contributed by atoms with Crippen LogP contribution >= 0.6 is 0 Å². The number of carbonyl (C=O) groups is 1. The fourth-order valence-electron chi connectivity index (χ4n) is 2.11. The van der Waals surface area contributed by atoms with Gasteiger partial charge in [-0.25, -0.2) is 4.72 Å². The molecule has 19 heavy (non-hydrogen) atoms. The Bertz CT molecular complexity index is 423. The highest BCUT2D eigenvalue weighted by Gasteiger charge is 2.35. The second kappa shape index (κ2) is 6.19. The average molecular weight is 292 g/mol. The maximum absolute atomic E-state index is 12.2. The third-order valence-electron chi connectivity index (χ3n) is 3.99. The summed E-state index contributed by atoms with van der Waals surface area (Å²) in [5, 5.41) is 9.14. The van der Waals surface area contributed by atoms with Crippen molar-refractivity contribution in [3.8, 4) is 0 Å². The molecule has 0 radical (unpaired) electrons. The van der Waals surface area contributed by atoms with Crippen LogP contribution in [0.15, 0.2) is 0 Å². The first-order chi connectivity index (χ1) is 8.73. The number of hydrogen-bond acceptors (Lipinski definition) is 3. The molecule has 0 aromatic heterocycles. The van der Waals surface area contributed by atoms with Gasteiger partial charge in [-0.1, -0.05) is 13.3 Å². The second-order valence-corrected chi connectivity index (χ2v) is 7.21. The first-order valence-electron chi connectivity index (χ1n) is 6.73. The van der Waals surface area contributed by atoms with Crippen LogP contribution in [0.5, 0.6) is 0 Å². The number of nitrogens with one attached hydrogen (secondary N) is 1. The van der Waals surface area contributed by atoms with Gasteiger partial charge in [0, 0.05) is 19.1 Å².